The number of aromatic nitrogens is 1. The van der Waals surface area contributed by atoms with Crippen LogP contribution in [-0.2, 0) is 0 Å². The molecule has 0 unspecified atom stereocenters. The van der Waals surface area contributed by atoms with Crippen molar-refractivity contribution in [3.63, 3.8) is 0 Å². The highest BCUT2D eigenvalue weighted by molar-refractivity contribution is 9.10. The molecule has 0 saturated carbocycles. The van der Waals surface area contributed by atoms with Gasteiger partial charge in [-0.25, -0.2) is 4.98 Å². The first kappa shape index (κ1) is 14.0. The van der Waals surface area contributed by atoms with E-state index in [9.17, 15) is 0 Å². The Kier molecular flexibility index (Phi) is 4.77. The lowest BCUT2D eigenvalue weighted by Crippen LogP contribution is -2.48. The second-order valence-corrected chi connectivity index (χ2v) is 6.04. The number of hydrogen-bond donors (Lipinski definition) is 1. The Hall–Kier alpha value is -0.430. The van der Waals surface area contributed by atoms with Gasteiger partial charge >= 0.3 is 0 Å². The minimum absolute atomic E-state index is 0.545. The Morgan fingerprint density at radius 3 is 2.67 bits per heavy atom. The average molecular weight is 350 g/mol. The molecule has 1 saturated heterocycles. The standard InChI is InChI=1S/C11H14BrClN4S/c12-8-5-9(13)11(15-6-8)17-3-1-16(2-4-17)7-10(14)18/h5-6H,1-4,7H2,(H2,14,18). The van der Waals surface area contributed by atoms with Crippen molar-refractivity contribution in [3.8, 4) is 0 Å². The van der Waals surface area contributed by atoms with Crippen LogP contribution in [0.2, 0.25) is 5.02 Å². The van der Waals surface area contributed by atoms with Crippen molar-refractivity contribution in [2.24, 2.45) is 5.73 Å². The van der Waals surface area contributed by atoms with E-state index in [1.54, 1.807) is 6.20 Å². The molecular formula is C11H14BrClN4S. The molecule has 7 heteroatoms. The molecule has 0 aromatic carbocycles. The molecule has 18 heavy (non-hydrogen) atoms. The van der Waals surface area contributed by atoms with Crippen molar-refractivity contribution in [1.82, 2.24) is 9.88 Å². The first-order chi connectivity index (χ1) is 8.56. The molecule has 0 atom stereocenters. The van der Waals surface area contributed by atoms with Crippen LogP contribution in [0, 0.1) is 0 Å². The lowest BCUT2D eigenvalue weighted by molar-refractivity contribution is 0.291. The van der Waals surface area contributed by atoms with Crippen molar-refractivity contribution >= 4 is 50.6 Å². The maximum atomic E-state index is 6.20. The third-order valence-electron chi connectivity index (χ3n) is 2.84. The largest absolute Gasteiger partial charge is 0.392 e. The molecule has 1 aromatic heterocycles. The number of nitrogens with zero attached hydrogens (tertiary/aromatic N) is 3. The zero-order chi connectivity index (χ0) is 13.1. The summed E-state index contributed by atoms with van der Waals surface area (Å²) in [6.07, 6.45) is 1.77. The molecule has 0 radical (unpaired) electrons. The zero-order valence-corrected chi connectivity index (χ0v) is 12.9. The van der Waals surface area contributed by atoms with E-state index in [0.29, 0.717) is 16.6 Å². The van der Waals surface area contributed by atoms with Gasteiger partial charge in [0.05, 0.1) is 10.0 Å². The molecule has 1 aliphatic rings. The van der Waals surface area contributed by atoms with Gasteiger partial charge in [0.1, 0.15) is 5.82 Å². The molecular weight excluding hydrogens is 336 g/mol. The van der Waals surface area contributed by atoms with Gasteiger partial charge in [-0.05, 0) is 22.0 Å². The Balaban J connectivity index is 1.99. The molecule has 98 valence electrons. The van der Waals surface area contributed by atoms with E-state index in [1.807, 2.05) is 6.07 Å². The lowest BCUT2D eigenvalue weighted by atomic mass is 10.3. The third kappa shape index (κ3) is 3.54. The van der Waals surface area contributed by atoms with Crippen LogP contribution >= 0.6 is 39.7 Å². The number of hydrogen-bond acceptors (Lipinski definition) is 4. The summed E-state index contributed by atoms with van der Waals surface area (Å²) in [4.78, 5) is 9.34. The van der Waals surface area contributed by atoms with Crippen molar-refractivity contribution in [2.75, 3.05) is 37.6 Å². The van der Waals surface area contributed by atoms with Gasteiger partial charge in [0.25, 0.3) is 0 Å². The molecule has 0 spiro atoms. The minimum Gasteiger partial charge on any atom is -0.392 e. The second-order valence-electron chi connectivity index (χ2n) is 4.19. The lowest BCUT2D eigenvalue weighted by Gasteiger charge is -2.35. The van der Waals surface area contributed by atoms with Crippen molar-refractivity contribution < 1.29 is 0 Å². The van der Waals surface area contributed by atoms with Crippen LogP contribution in [0.1, 0.15) is 0 Å². The number of piperazine rings is 1. The van der Waals surface area contributed by atoms with E-state index < -0.39 is 0 Å². The van der Waals surface area contributed by atoms with Gasteiger partial charge in [-0.2, -0.15) is 0 Å². The SMILES string of the molecule is NC(=S)CN1CCN(c2ncc(Br)cc2Cl)CC1. The van der Waals surface area contributed by atoms with Gasteiger partial charge in [0, 0.05) is 43.4 Å². The Morgan fingerprint density at radius 2 is 2.11 bits per heavy atom. The number of thiocarbonyl (C=S) groups is 1. The highest BCUT2D eigenvalue weighted by atomic mass is 79.9. The molecule has 2 N–H and O–H groups in total. The normalized spacial score (nSPS) is 16.9. The predicted molar refractivity (Wildman–Crippen MR) is 82.4 cm³/mol. The van der Waals surface area contributed by atoms with Gasteiger partial charge in [-0.1, -0.05) is 23.8 Å². The number of pyridine rings is 1. The molecule has 0 amide bonds. The van der Waals surface area contributed by atoms with Crippen LogP contribution in [0.3, 0.4) is 0 Å². The van der Waals surface area contributed by atoms with Gasteiger partial charge in [0.15, 0.2) is 0 Å². The van der Waals surface area contributed by atoms with E-state index in [0.717, 1.165) is 36.5 Å². The maximum absolute atomic E-state index is 6.20. The second kappa shape index (κ2) is 6.14. The summed E-state index contributed by atoms with van der Waals surface area (Å²) >= 11 is 14.5. The molecule has 0 aliphatic carbocycles. The maximum Gasteiger partial charge on any atom is 0.147 e. The summed E-state index contributed by atoms with van der Waals surface area (Å²) in [6, 6.07) is 1.87. The quantitative estimate of drug-likeness (QED) is 0.845. The summed E-state index contributed by atoms with van der Waals surface area (Å²) in [5.74, 6) is 0.842. The van der Waals surface area contributed by atoms with Crippen LogP contribution in [0.15, 0.2) is 16.7 Å². The number of anilines is 1. The molecule has 4 nitrogen and oxygen atoms in total. The first-order valence-corrected chi connectivity index (χ1v) is 7.21. The number of halogens is 2. The molecule has 1 fully saturated rings. The van der Waals surface area contributed by atoms with Gasteiger partial charge < -0.3 is 10.6 Å². The van der Waals surface area contributed by atoms with Crippen molar-refractivity contribution in [1.29, 1.82) is 0 Å². The van der Waals surface area contributed by atoms with Crippen LogP contribution in [0.4, 0.5) is 5.82 Å². The van der Waals surface area contributed by atoms with E-state index in [4.69, 9.17) is 29.6 Å². The highest BCUT2D eigenvalue weighted by Gasteiger charge is 2.20. The smallest absolute Gasteiger partial charge is 0.147 e. The molecule has 0 bridgehead atoms. The third-order valence-corrected chi connectivity index (χ3v) is 3.68. The van der Waals surface area contributed by atoms with Crippen LogP contribution in [0.5, 0.6) is 0 Å². The van der Waals surface area contributed by atoms with Gasteiger partial charge in [-0.15, -0.1) is 0 Å². The fourth-order valence-corrected chi connectivity index (χ4v) is 2.91. The van der Waals surface area contributed by atoms with Gasteiger partial charge in [-0.3, -0.25) is 4.90 Å². The summed E-state index contributed by atoms with van der Waals surface area (Å²) in [5.41, 5.74) is 5.55. The molecule has 1 aromatic rings. The van der Waals surface area contributed by atoms with Gasteiger partial charge in [0.2, 0.25) is 0 Å². The van der Waals surface area contributed by atoms with Crippen LogP contribution in [-0.4, -0.2) is 47.6 Å². The monoisotopic (exact) mass is 348 g/mol. The Labute approximate surface area is 125 Å². The molecule has 2 rings (SSSR count). The summed E-state index contributed by atoms with van der Waals surface area (Å²) in [7, 11) is 0. The summed E-state index contributed by atoms with van der Waals surface area (Å²) in [6.45, 7) is 4.30. The Morgan fingerprint density at radius 1 is 1.44 bits per heavy atom. The topological polar surface area (TPSA) is 45.4 Å². The van der Waals surface area contributed by atoms with Crippen molar-refractivity contribution in [3.05, 3.63) is 21.8 Å². The van der Waals surface area contributed by atoms with E-state index in [1.165, 1.54) is 0 Å². The first-order valence-electron chi connectivity index (χ1n) is 5.63. The highest BCUT2D eigenvalue weighted by Crippen LogP contribution is 2.26. The number of rotatable bonds is 3. The summed E-state index contributed by atoms with van der Waals surface area (Å²) < 4.78 is 0.892. The number of nitrogens with two attached hydrogens (primary N) is 1. The van der Waals surface area contributed by atoms with E-state index >= 15 is 0 Å². The minimum atomic E-state index is 0.545. The van der Waals surface area contributed by atoms with Crippen molar-refractivity contribution in [2.45, 2.75) is 0 Å². The van der Waals surface area contributed by atoms with E-state index in [-0.39, 0.29) is 0 Å². The predicted octanol–water partition coefficient (Wildman–Crippen LogP) is 1.91. The van der Waals surface area contributed by atoms with Crippen LogP contribution < -0.4 is 10.6 Å². The fraction of sp³-hybridized carbons (Fsp3) is 0.455. The molecule has 1 aliphatic heterocycles. The zero-order valence-electron chi connectivity index (χ0n) is 9.77. The fourth-order valence-electron chi connectivity index (χ4n) is 1.98. The van der Waals surface area contributed by atoms with Crippen LogP contribution in [0.25, 0.3) is 0 Å². The summed E-state index contributed by atoms with van der Waals surface area (Å²) in [5, 5.41) is 0.673. The average Bonchev–Trinajstić information content (AvgIpc) is 2.30. The Bertz CT molecular complexity index is 449. The van der Waals surface area contributed by atoms with E-state index in [2.05, 4.69) is 30.7 Å². The molecule has 2 heterocycles.